The van der Waals surface area contributed by atoms with Crippen molar-refractivity contribution in [3.8, 4) is 0 Å². The molecule has 1 aromatic heterocycles. The number of carboxylic acids is 1. The molecule has 1 aromatic rings. The SMILES string of the molecule is CC/C(=C\c1ccc(CO)o1)CC[C@@H](O)C1=C(CO)C[C@H]2C(=O)N(CCCCCC(=O)O)C(=O)[C@H]2[C@H]1CO. The maximum Gasteiger partial charge on any atom is 0.303 e. The van der Waals surface area contributed by atoms with Gasteiger partial charge >= 0.3 is 5.97 Å². The molecular weight excluding hydrogens is 494 g/mol. The Labute approximate surface area is 222 Å². The van der Waals surface area contributed by atoms with E-state index in [1.165, 1.54) is 4.90 Å². The summed E-state index contributed by atoms with van der Waals surface area (Å²) in [5.41, 5.74) is 1.93. The number of hydrogen-bond acceptors (Lipinski definition) is 8. The predicted octanol–water partition coefficient (Wildman–Crippen LogP) is 2.25. The van der Waals surface area contributed by atoms with Crippen molar-refractivity contribution in [3.63, 3.8) is 0 Å². The van der Waals surface area contributed by atoms with Gasteiger partial charge in [-0.3, -0.25) is 19.3 Å². The molecule has 5 N–H and O–H groups in total. The summed E-state index contributed by atoms with van der Waals surface area (Å²) in [5, 5.41) is 49.6. The number of furan rings is 1. The number of amides is 2. The van der Waals surface area contributed by atoms with Crippen LogP contribution in [0.1, 0.15) is 69.8 Å². The summed E-state index contributed by atoms with van der Waals surface area (Å²) >= 11 is 0. The maximum absolute atomic E-state index is 13.3. The number of aliphatic hydroxyl groups excluding tert-OH is 4. The molecule has 38 heavy (non-hydrogen) atoms. The van der Waals surface area contributed by atoms with Crippen LogP contribution in [0, 0.1) is 17.8 Å². The molecule has 0 unspecified atom stereocenters. The van der Waals surface area contributed by atoms with Gasteiger partial charge in [0.15, 0.2) is 0 Å². The maximum atomic E-state index is 13.3. The number of unbranched alkanes of at least 4 members (excludes halogenated alkanes) is 2. The first-order valence-electron chi connectivity index (χ1n) is 13.3. The van der Waals surface area contributed by atoms with Gasteiger partial charge in [0.25, 0.3) is 0 Å². The Bertz CT molecular complexity index is 1060. The molecular formula is C28H39NO9. The van der Waals surface area contributed by atoms with Gasteiger partial charge in [0, 0.05) is 18.9 Å². The van der Waals surface area contributed by atoms with Crippen LogP contribution in [0.3, 0.4) is 0 Å². The van der Waals surface area contributed by atoms with Crippen molar-refractivity contribution in [3.05, 3.63) is 40.4 Å². The number of carbonyl (C=O) groups excluding carboxylic acids is 2. The summed E-state index contributed by atoms with van der Waals surface area (Å²) in [6.07, 6.45) is 4.07. The van der Waals surface area contributed by atoms with E-state index in [0.717, 1.165) is 5.57 Å². The number of carboxylic acid groups (broad SMARTS) is 1. The highest BCUT2D eigenvalue weighted by molar-refractivity contribution is 6.05. The van der Waals surface area contributed by atoms with Crippen molar-refractivity contribution in [1.82, 2.24) is 4.90 Å². The number of likely N-dealkylation sites (tertiary alicyclic amines) is 1. The van der Waals surface area contributed by atoms with Crippen LogP contribution in [-0.4, -0.2) is 74.1 Å². The van der Waals surface area contributed by atoms with Gasteiger partial charge in [0.1, 0.15) is 18.1 Å². The van der Waals surface area contributed by atoms with E-state index in [-0.39, 0.29) is 44.4 Å². The van der Waals surface area contributed by atoms with Crippen molar-refractivity contribution in [2.24, 2.45) is 17.8 Å². The third-order valence-electron chi connectivity index (χ3n) is 7.67. The number of aliphatic hydroxyl groups is 4. The third kappa shape index (κ3) is 6.79. The van der Waals surface area contributed by atoms with Crippen LogP contribution in [-0.2, 0) is 21.0 Å². The summed E-state index contributed by atoms with van der Waals surface area (Å²) < 4.78 is 5.52. The average Bonchev–Trinajstić information content (AvgIpc) is 3.46. The fourth-order valence-corrected chi connectivity index (χ4v) is 5.70. The Morgan fingerprint density at radius 3 is 2.47 bits per heavy atom. The number of aliphatic carboxylic acids is 1. The van der Waals surface area contributed by atoms with Crippen LogP contribution in [0.25, 0.3) is 6.08 Å². The summed E-state index contributed by atoms with van der Waals surface area (Å²) in [6, 6.07) is 3.45. The molecule has 10 heteroatoms. The van der Waals surface area contributed by atoms with Gasteiger partial charge in [-0.25, -0.2) is 0 Å². The second kappa shape index (κ2) is 13.8. The molecule has 0 aromatic carbocycles. The zero-order valence-corrected chi connectivity index (χ0v) is 21.8. The first-order chi connectivity index (χ1) is 18.2. The zero-order chi connectivity index (χ0) is 27.8. The highest BCUT2D eigenvalue weighted by Crippen LogP contribution is 2.46. The Morgan fingerprint density at radius 2 is 1.87 bits per heavy atom. The van der Waals surface area contributed by atoms with Gasteiger partial charge in [-0.15, -0.1) is 0 Å². The highest BCUT2D eigenvalue weighted by atomic mass is 16.4. The van der Waals surface area contributed by atoms with E-state index in [1.807, 2.05) is 13.0 Å². The molecule has 2 amide bonds. The molecule has 0 bridgehead atoms. The van der Waals surface area contributed by atoms with Crippen molar-refractivity contribution < 1.29 is 44.3 Å². The van der Waals surface area contributed by atoms with Crippen LogP contribution < -0.4 is 0 Å². The highest BCUT2D eigenvalue weighted by Gasteiger charge is 2.54. The van der Waals surface area contributed by atoms with Crippen LogP contribution in [0.5, 0.6) is 0 Å². The van der Waals surface area contributed by atoms with Crippen LogP contribution >= 0.6 is 0 Å². The van der Waals surface area contributed by atoms with E-state index in [4.69, 9.17) is 9.52 Å². The Hall–Kier alpha value is -2.79. The molecule has 3 rings (SSSR count). The zero-order valence-electron chi connectivity index (χ0n) is 21.8. The normalized spacial score (nSPS) is 22.8. The van der Waals surface area contributed by atoms with Gasteiger partial charge in [0.2, 0.25) is 11.8 Å². The Kier molecular flexibility index (Phi) is 10.8. The molecule has 2 heterocycles. The molecule has 1 saturated heterocycles. The average molecular weight is 534 g/mol. The monoisotopic (exact) mass is 533 g/mol. The lowest BCUT2D eigenvalue weighted by Gasteiger charge is -2.36. The number of rotatable bonds is 15. The molecule has 0 spiro atoms. The number of fused-ring (bicyclic) bond motifs is 1. The first kappa shape index (κ1) is 29.8. The number of allylic oxidation sites excluding steroid dienone is 1. The van der Waals surface area contributed by atoms with Gasteiger partial charge < -0.3 is 29.9 Å². The summed E-state index contributed by atoms with van der Waals surface area (Å²) in [4.78, 5) is 38.3. The van der Waals surface area contributed by atoms with Crippen molar-refractivity contribution in [1.29, 1.82) is 0 Å². The van der Waals surface area contributed by atoms with Crippen molar-refractivity contribution in [2.75, 3.05) is 19.8 Å². The molecule has 210 valence electrons. The smallest absolute Gasteiger partial charge is 0.303 e. The lowest BCUT2D eigenvalue weighted by molar-refractivity contribution is -0.141. The fourth-order valence-electron chi connectivity index (χ4n) is 5.70. The van der Waals surface area contributed by atoms with Crippen molar-refractivity contribution in [2.45, 2.75) is 71.0 Å². The third-order valence-corrected chi connectivity index (χ3v) is 7.67. The van der Waals surface area contributed by atoms with Gasteiger partial charge in [-0.1, -0.05) is 18.9 Å². The predicted molar refractivity (Wildman–Crippen MR) is 137 cm³/mol. The Morgan fingerprint density at radius 1 is 1.11 bits per heavy atom. The molecule has 1 aliphatic heterocycles. The largest absolute Gasteiger partial charge is 0.481 e. The first-order valence-corrected chi connectivity index (χ1v) is 13.3. The molecule has 0 saturated carbocycles. The minimum Gasteiger partial charge on any atom is -0.481 e. The van der Waals surface area contributed by atoms with E-state index in [0.29, 0.717) is 61.2 Å². The van der Waals surface area contributed by atoms with Gasteiger partial charge in [-0.2, -0.15) is 0 Å². The van der Waals surface area contributed by atoms with Gasteiger partial charge in [0.05, 0.1) is 31.2 Å². The van der Waals surface area contributed by atoms with Crippen LogP contribution in [0.15, 0.2) is 33.3 Å². The minimum atomic E-state index is -1.01. The molecule has 1 fully saturated rings. The number of nitrogens with zero attached hydrogens (tertiary/aromatic N) is 1. The number of carbonyl (C=O) groups is 3. The lowest BCUT2D eigenvalue weighted by atomic mass is 9.68. The number of imide groups is 1. The van der Waals surface area contributed by atoms with E-state index in [1.54, 1.807) is 12.1 Å². The molecule has 1 aliphatic carbocycles. The van der Waals surface area contributed by atoms with Gasteiger partial charge in [-0.05, 0) is 67.9 Å². The standard InChI is InChI=1S/C28H39NO9/c1-2-17(12-19-8-9-20(15-31)38-19)7-10-23(33)25-18(14-30)13-21-26(22(25)16-32)28(37)29(27(21)36)11-5-3-4-6-24(34)35/h8-9,12,21-23,26,30-33H,2-7,10-11,13-16H2,1H3,(H,34,35)/b17-12+/t21-,22+,23-,26-/m1/s1. The molecule has 2 aliphatic rings. The quantitative estimate of drug-likeness (QED) is 0.129. The van der Waals surface area contributed by atoms with Crippen LogP contribution in [0.4, 0.5) is 0 Å². The number of hydrogen-bond donors (Lipinski definition) is 5. The summed E-state index contributed by atoms with van der Waals surface area (Å²) in [7, 11) is 0. The van der Waals surface area contributed by atoms with Crippen molar-refractivity contribution >= 4 is 23.9 Å². The van der Waals surface area contributed by atoms with E-state index < -0.39 is 36.4 Å². The second-order valence-electron chi connectivity index (χ2n) is 10.0. The molecule has 10 nitrogen and oxygen atoms in total. The van der Waals surface area contributed by atoms with Crippen LogP contribution in [0.2, 0.25) is 0 Å². The van der Waals surface area contributed by atoms with E-state index in [2.05, 4.69) is 0 Å². The van der Waals surface area contributed by atoms with E-state index >= 15 is 0 Å². The molecule has 4 atom stereocenters. The van der Waals surface area contributed by atoms with E-state index in [9.17, 15) is 34.8 Å². The lowest BCUT2D eigenvalue weighted by Crippen LogP contribution is -2.39. The summed E-state index contributed by atoms with van der Waals surface area (Å²) in [6.45, 7) is 1.16. The Balaban J connectivity index is 1.71. The molecule has 0 radical (unpaired) electrons. The minimum absolute atomic E-state index is 0.0326. The summed E-state index contributed by atoms with van der Waals surface area (Å²) in [5.74, 6) is -2.82. The second-order valence-corrected chi connectivity index (χ2v) is 10.0. The topological polar surface area (TPSA) is 169 Å². The fraction of sp³-hybridized carbons (Fsp3) is 0.607.